The molecule has 0 radical (unpaired) electrons. The predicted molar refractivity (Wildman–Crippen MR) is 77.9 cm³/mol. The number of nitrogens with one attached hydrogen (secondary N) is 1. The van der Waals surface area contributed by atoms with E-state index in [0.29, 0.717) is 6.04 Å². The van der Waals surface area contributed by atoms with Crippen LogP contribution in [-0.2, 0) is 11.2 Å². The van der Waals surface area contributed by atoms with E-state index in [2.05, 4.69) is 12.2 Å². The summed E-state index contributed by atoms with van der Waals surface area (Å²) < 4.78 is 18.3. The molecule has 19 heavy (non-hydrogen) atoms. The van der Waals surface area contributed by atoms with Crippen LogP contribution in [0.2, 0.25) is 0 Å². The van der Waals surface area contributed by atoms with Gasteiger partial charge in [0.2, 0.25) is 0 Å². The normalized spacial score (nSPS) is 12.6. The molecular weight excluding hydrogens is 241 g/mol. The van der Waals surface area contributed by atoms with E-state index in [4.69, 9.17) is 4.74 Å². The summed E-state index contributed by atoms with van der Waals surface area (Å²) in [7, 11) is 0. The second-order valence-corrected chi connectivity index (χ2v) is 4.82. The van der Waals surface area contributed by atoms with Gasteiger partial charge in [-0.25, -0.2) is 4.39 Å². The summed E-state index contributed by atoms with van der Waals surface area (Å²) in [5.41, 5.74) is 1.19. The van der Waals surface area contributed by atoms with Crippen LogP contribution in [0.15, 0.2) is 24.3 Å². The van der Waals surface area contributed by atoms with Crippen molar-refractivity contribution in [2.75, 3.05) is 19.8 Å². The van der Waals surface area contributed by atoms with Crippen molar-refractivity contribution in [3.8, 4) is 0 Å². The molecule has 1 unspecified atom stereocenters. The van der Waals surface area contributed by atoms with Gasteiger partial charge in [0.25, 0.3) is 0 Å². The number of hydrogen-bond acceptors (Lipinski definition) is 2. The summed E-state index contributed by atoms with van der Waals surface area (Å²) in [6.07, 6.45) is 4.24. The number of ether oxygens (including phenoxy) is 1. The molecule has 2 nitrogen and oxygen atoms in total. The first-order valence-electron chi connectivity index (χ1n) is 7.31. The monoisotopic (exact) mass is 267 g/mol. The van der Waals surface area contributed by atoms with E-state index in [1.165, 1.54) is 17.7 Å². The van der Waals surface area contributed by atoms with Crippen molar-refractivity contribution in [3.63, 3.8) is 0 Å². The zero-order valence-electron chi connectivity index (χ0n) is 12.1. The second-order valence-electron chi connectivity index (χ2n) is 4.82. The van der Waals surface area contributed by atoms with Crippen molar-refractivity contribution in [1.29, 1.82) is 0 Å². The predicted octanol–water partition coefficient (Wildman–Crippen LogP) is 3.55. The number of hydrogen-bond donors (Lipinski definition) is 1. The third-order valence-electron chi connectivity index (χ3n) is 3.12. The standard InChI is InChI=1S/C16H26FNO/c1-3-11-18-16(6-5-12-19-4-2)13-14-7-9-15(17)10-8-14/h7-10,16,18H,3-6,11-13H2,1-2H3. The Labute approximate surface area is 116 Å². The second kappa shape index (κ2) is 9.93. The SMILES string of the molecule is CCCNC(CCCOCC)Cc1ccc(F)cc1. The smallest absolute Gasteiger partial charge is 0.123 e. The van der Waals surface area contributed by atoms with E-state index in [9.17, 15) is 4.39 Å². The quantitative estimate of drug-likeness (QED) is 0.655. The van der Waals surface area contributed by atoms with Crippen molar-refractivity contribution in [2.24, 2.45) is 0 Å². The van der Waals surface area contributed by atoms with Crippen LogP contribution in [0, 0.1) is 5.82 Å². The molecule has 0 fully saturated rings. The van der Waals surface area contributed by atoms with Gasteiger partial charge < -0.3 is 10.1 Å². The molecule has 0 aliphatic carbocycles. The minimum absolute atomic E-state index is 0.168. The van der Waals surface area contributed by atoms with Crippen LogP contribution in [-0.4, -0.2) is 25.8 Å². The lowest BCUT2D eigenvalue weighted by atomic mass is 10.0. The molecule has 0 saturated heterocycles. The maximum absolute atomic E-state index is 12.9. The highest BCUT2D eigenvalue weighted by Gasteiger charge is 2.08. The number of benzene rings is 1. The molecule has 1 aromatic rings. The lowest BCUT2D eigenvalue weighted by molar-refractivity contribution is 0.140. The number of halogens is 1. The van der Waals surface area contributed by atoms with Crippen molar-refractivity contribution in [3.05, 3.63) is 35.6 Å². The minimum atomic E-state index is -0.168. The van der Waals surface area contributed by atoms with Gasteiger partial charge >= 0.3 is 0 Å². The summed E-state index contributed by atoms with van der Waals surface area (Å²) in [5.74, 6) is -0.168. The van der Waals surface area contributed by atoms with E-state index in [0.717, 1.165) is 45.4 Å². The van der Waals surface area contributed by atoms with Crippen LogP contribution in [0.3, 0.4) is 0 Å². The average Bonchev–Trinajstić information content (AvgIpc) is 2.43. The Kier molecular flexibility index (Phi) is 8.43. The Morgan fingerprint density at radius 3 is 2.58 bits per heavy atom. The Morgan fingerprint density at radius 1 is 1.21 bits per heavy atom. The molecule has 108 valence electrons. The van der Waals surface area contributed by atoms with E-state index in [-0.39, 0.29) is 5.82 Å². The minimum Gasteiger partial charge on any atom is -0.382 e. The molecule has 0 aliphatic heterocycles. The maximum Gasteiger partial charge on any atom is 0.123 e. The summed E-state index contributed by atoms with van der Waals surface area (Å²) in [6.45, 7) is 6.82. The first-order chi connectivity index (χ1) is 9.26. The van der Waals surface area contributed by atoms with Crippen LogP contribution in [0.25, 0.3) is 0 Å². The van der Waals surface area contributed by atoms with E-state index >= 15 is 0 Å². The van der Waals surface area contributed by atoms with Gasteiger partial charge in [0.15, 0.2) is 0 Å². The van der Waals surface area contributed by atoms with Gasteiger partial charge in [-0.15, -0.1) is 0 Å². The van der Waals surface area contributed by atoms with Gasteiger partial charge in [-0.1, -0.05) is 19.1 Å². The molecule has 0 amide bonds. The van der Waals surface area contributed by atoms with E-state index in [1.807, 2.05) is 19.1 Å². The summed E-state index contributed by atoms with van der Waals surface area (Å²) in [5, 5.41) is 3.56. The summed E-state index contributed by atoms with van der Waals surface area (Å²) >= 11 is 0. The van der Waals surface area contributed by atoms with Crippen molar-refractivity contribution in [1.82, 2.24) is 5.32 Å². The Balaban J connectivity index is 2.41. The average molecular weight is 267 g/mol. The molecule has 0 bridgehead atoms. The summed E-state index contributed by atoms with van der Waals surface area (Å²) in [6, 6.07) is 7.27. The third-order valence-corrected chi connectivity index (χ3v) is 3.12. The highest BCUT2D eigenvalue weighted by Crippen LogP contribution is 2.09. The maximum atomic E-state index is 12.9. The van der Waals surface area contributed by atoms with Crippen LogP contribution < -0.4 is 5.32 Å². The molecule has 0 heterocycles. The molecule has 1 atom stereocenters. The van der Waals surface area contributed by atoms with Gasteiger partial charge in [0, 0.05) is 19.3 Å². The highest BCUT2D eigenvalue weighted by molar-refractivity contribution is 5.17. The molecular formula is C16H26FNO. The van der Waals surface area contributed by atoms with Gasteiger partial charge in [-0.3, -0.25) is 0 Å². The Morgan fingerprint density at radius 2 is 1.95 bits per heavy atom. The molecule has 0 aromatic heterocycles. The van der Waals surface area contributed by atoms with Crippen molar-refractivity contribution >= 4 is 0 Å². The summed E-state index contributed by atoms with van der Waals surface area (Å²) in [4.78, 5) is 0. The first kappa shape index (κ1) is 16.1. The first-order valence-corrected chi connectivity index (χ1v) is 7.31. The Hall–Kier alpha value is -0.930. The molecule has 0 aliphatic rings. The van der Waals surface area contributed by atoms with Crippen molar-refractivity contribution in [2.45, 2.75) is 45.6 Å². The van der Waals surface area contributed by atoms with Gasteiger partial charge in [0.05, 0.1) is 0 Å². The van der Waals surface area contributed by atoms with Crippen LogP contribution >= 0.6 is 0 Å². The molecule has 1 rings (SSSR count). The molecule has 1 aromatic carbocycles. The molecule has 3 heteroatoms. The molecule has 0 spiro atoms. The lowest BCUT2D eigenvalue weighted by Crippen LogP contribution is -2.32. The fraction of sp³-hybridized carbons (Fsp3) is 0.625. The van der Waals surface area contributed by atoms with Gasteiger partial charge in [0.1, 0.15) is 5.82 Å². The third kappa shape index (κ3) is 7.28. The zero-order valence-corrected chi connectivity index (χ0v) is 12.1. The highest BCUT2D eigenvalue weighted by atomic mass is 19.1. The lowest BCUT2D eigenvalue weighted by Gasteiger charge is -2.18. The van der Waals surface area contributed by atoms with Crippen molar-refractivity contribution < 1.29 is 9.13 Å². The van der Waals surface area contributed by atoms with Crippen LogP contribution in [0.1, 0.15) is 38.7 Å². The van der Waals surface area contributed by atoms with Crippen LogP contribution in [0.4, 0.5) is 4.39 Å². The van der Waals surface area contributed by atoms with Gasteiger partial charge in [-0.05, 0) is 56.8 Å². The van der Waals surface area contributed by atoms with Crippen LogP contribution in [0.5, 0.6) is 0 Å². The topological polar surface area (TPSA) is 21.3 Å². The fourth-order valence-corrected chi connectivity index (χ4v) is 2.11. The zero-order chi connectivity index (χ0) is 13.9. The fourth-order valence-electron chi connectivity index (χ4n) is 2.11. The molecule has 1 N–H and O–H groups in total. The Bertz CT molecular complexity index is 326. The largest absolute Gasteiger partial charge is 0.382 e. The number of rotatable bonds is 10. The van der Waals surface area contributed by atoms with E-state index in [1.54, 1.807) is 0 Å². The van der Waals surface area contributed by atoms with E-state index < -0.39 is 0 Å². The molecule has 0 saturated carbocycles. The van der Waals surface area contributed by atoms with Gasteiger partial charge in [-0.2, -0.15) is 0 Å².